The van der Waals surface area contributed by atoms with E-state index in [0.29, 0.717) is 51.7 Å². The summed E-state index contributed by atoms with van der Waals surface area (Å²) in [5.41, 5.74) is 13.1. The average molecular weight is 1230 g/mol. The van der Waals surface area contributed by atoms with Gasteiger partial charge in [0.15, 0.2) is 0 Å². The highest BCUT2D eigenvalue weighted by Crippen LogP contribution is 2.55. The van der Waals surface area contributed by atoms with E-state index in [1.807, 2.05) is 48.8 Å². The van der Waals surface area contributed by atoms with E-state index in [4.69, 9.17) is 15.0 Å². The summed E-state index contributed by atoms with van der Waals surface area (Å²) in [7, 11) is 0. The number of carbonyl (C=O) groups excluding carboxylic acids is 5. The molecule has 0 N–H and O–H groups in total. The number of likely N-dealkylation sites (tertiary alicyclic amines) is 2. The molecule has 3 aromatic carbocycles. The molecule has 3 spiro atoms. The van der Waals surface area contributed by atoms with Crippen LogP contribution in [0.2, 0.25) is 0 Å². The van der Waals surface area contributed by atoms with Gasteiger partial charge in [-0.05, 0) is 170 Å². The molecule has 91 heavy (non-hydrogen) atoms. The monoisotopic (exact) mass is 1230 g/mol. The van der Waals surface area contributed by atoms with Gasteiger partial charge in [0.25, 0.3) is 0 Å². The Hall–Kier alpha value is -7.36. The number of anilines is 3. The number of aryl methyl sites for hydroxylation is 3. The number of hydrogen-bond acceptors (Lipinski definition) is 8. The van der Waals surface area contributed by atoms with Crippen LogP contribution in [0.25, 0.3) is 0 Å². The van der Waals surface area contributed by atoms with Crippen LogP contribution in [-0.2, 0) is 118 Å². The van der Waals surface area contributed by atoms with E-state index in [9.17, 15) is 24.0 Å². The summed E-state index contributed by atoms with van der Waals surface area (Å²) in [4.78, 5) is 91.1. The predicted octanol–water partition coefficient (Wildman–Crippen LogP) is 11.7. The van der Waals surface area contributed by atoms with E-state index in [1.54, 1.807) is 0 Å². The predicted molar refractivity (Wildman–Crippen MR) is 352 cm³/mol. The van der Waals surface area contributed by atoms with E-state index < -0.39 is 10.8 Å². The third-order valence-corrected chi connectivity index (χ3v) is 22.7. The van der Waals surface area contributed by atoms with Crippen molar-refractivity contribution in [1.82, 2.24) is 38.5 Å². The number of benzene rings is 3. The van der Waals surface area contributed by atoms with Crippen LogP contribution in [0.1, 0.15) is 211 Å². The lowest BCUT2D eigenvalue weighted by molar-refractivity contribution is -0.146. The van der Waals surface area contributed by atoms with Crippen LogP contribution >= 0.6 is 0 Å². The molecule has 5 amide bonds. The van der Waals surface area contributed by atoms with Crippen LogP contribution < -0.4 is 14.7 Å². The summed E-state index contributed by atoms with van der Waals surface area (Å²) in [6, 6.07) is 24.8. The molecule has 16 nitrogen and oxygen atoms in total. The number of fused-ring (bicyclic) bond motifs is 9. The van der Waals surface area contributed by atoms with Crippen molar-refractivity contribution in [3.63, 3.8) is 0 Å². The average Bonchev–Trinajstić information content (AvgIpc) is 1.56. The van der Waals surface area contributed by atoms with Crippen LogP contribution in [0.4, 0.5) is 17.1 Å². The molecule has 8 heterocycles. The number of rotatable bonds is 17. The lowest BCUT2D eigenvalue weighted by atomic mass is 9.65. The van der Waals surface area contributed by atoms with Gasteiger partial charge in [0.2, 0.25) is 29.5 Å². The summed E-state index contributed by atoms with van der Waals surface area (Å²) in [6.45, 7) is 13.4. The Morgan fingerprint density at radius 3 is 1.03 bits per heavy atom. The molecule has 11 aliphatic rings. The fourth-order valence-corrected chi connectivity index (χ4v) is 17.1. The Labute approximate surface area is 537 Å². The lowest BCUT2D eigenvalue weighted by Crippen LogP contribution is -2.65. The van der Waals surface area contributed by atoms with Crippen LogP contribution in [0, 0.1) is 11.8 Å². The van der Waals surface area contributed by atoms with Crippen molar-refractivity contribution in [3.05, 3.63) is 141 Å². The summed E-state index contributed by atoms with van der Waals surface area (Å²) < 4.78 is 7.25. The third-order valence-electron chi connectivity index (χ3n) is 22.7. The fourth-order valence-electron chi connectivity index (χ4n) is 17.1. The first-order valence-electron chi connectivity index (χ1n) is 35.5. The normalized spacial score (nSPS) is 20.6. The molecule has 2 saturated heterocycles. The maximum Gasteiger partial charge on any atom is 0.241 e. The Balaban J connectivity index is 0.000000114. The Morgan fingerprint density at radius 1 is 0.418 bits per heavy atom. The first-order valence-corrected chi connectivity index (χ1v) is 35.5. The van der Waals surface area contributed by atoms with Gasteiger partial charge in [-0.2, -0.15) is 0 Å². The fraction of sp³-hybridized carbons (Fsp3) is 0.573. The molecule has 3 aromatic heterocycles. The maximum absolute atomic E-state index is 13.8. The van der Waals surface area contributed by atoms with Gasteiger partial charge in [-0.1, -0.05) is 101 Å². The maximum atomic E-state index is 13.8. The zero-order chi connectivity index (χ0) is 62.2. The Morgan fingerprint density at radius 2 is 0.725 bits per heavy atom. The molecule has 0 bridgehead atoms. The Bertz CT molecular complexity index is 3630. The van der Waals surface area contributed by atoms with Gasteiger partial charge in [0.05, 0.1) is 42.1 Å². The van der Waals surface area contributed by atoms with E-state index in [0.717, 1.165) is 174 Å². The minimum absolute atomic E-state index is 0.140. The van der Waals surface area contributed by atoms with E-state index in [-0.39, 0.29) is 40.9 Å². The minimum atomic E-state index is -0.568. The van der Waals surface area contributed by atoms with Crippen LogP contribution in [0.5, 0.6) is 0 Å². The summed E-state index contributed by atoms with van der Waals surface area (Å²) in [5, 5.41) is 0. The number of unbranched alkanes of at least 4 members (excludes halogenated alkanes) is 3. The highest BCUT2D eigenvalue weighted by atomic mass is 16.2. The molecule has 5 fully saturated rings. The largest absolute Gasteiger partial charge is 0.339 e. The van der Waals surface area contributed by atoms with Gasteiger partial charge in [0, 0.05) is 91.8 Å². The molecule has 17 rings (SSSR count). The van der Waals surface area contributed by atoms with Crippen molar-refractivity contribution >= 4 is 46.6 Å². The van der Waals surface area contributed by atoms with Crippen LogP contribution in [0.3, 0.4) is 0 Å². The van der Waals surface area contributed by atoms with Gasteiger partial charge >= 0.3 is 0 Å². The lowest BCUT2D eigenvalue weighted by Gasteiger charge is -2.47. The van der Waals surface area contributed by atoms with Gasteiger partial charge in [-0.3, -0.25) is 24.0 Å². The van der Waals surface area contributed by atoms with Crippen molar-refractivity contribution in [2.24, 2.45) is 11.8 Å². The molecule has 16 heteroatoms. The molecule has 0 atom stereocenters. The van der Waals surface area contributed by atoms with Crippen molar-refractivity contribution in [1.29, 1.82) is 0 Å². The van der Waals surface area contributed by atoms with Gasteiger partial charge in [0.1, 0.15) is 28.3 Å². The van der Waals surface area contributed by atoms with Crippen molar-refractivity contribution < 1.29 is 24.0 Å². The first kappa shape index (κ1) is 59.9. The second-order valence-electron chi connectivity index (χ2n) is 28.7. The second-order valence-corrected chi connectivity index (χ2v) is 28.7. The third kappa shape index (κ3) is 10.3. The van der Waals surface area contributed by atoms with Crippen molar-refractivity contribution in [2.45, 2.75) is 237 Å². The molecular weight excluding hydrogens is 1130 g/mol. The summed E-state index contributed by atoms with van der Waals surface area (Å²) in [6.07, 6.45) is 28.0. The van der Waals surface area contributed by atoms with E-state index in [1.165, 1.54) is 91.1 Å². The molecule has 0 unspecified atom stereocenters. The van der Waals surface area contributed by atoms with Gasteiger partial charge < -0.3 is 38.2 Å². The number of nitrogens with zero attached hydrogens (tertiary/aromatic N) is 11. The second kappa shape index (κ2) is 24.3. The number of aromatic nitrogens is 6. The van der Waals surface area contributed by atoms with Gasteiger partial charge in [-0.25, -0.2) is 15.0 Å². The minimum Gasteiger partial charge on any atom is -0.339 e. The quantitative estimate of drug-likeness (QED) is 0.0874. The summed E-state index contributed by atoms with van der Waals surface area (Å²) in [5.74, 6) is 4.60. The molecule has 6 aliphatic carbocycles. The van der Waals surface area contributed by atoms with Crippen LogP contribution in [0.15, 0.2) is 72.8 Å². The molecule has 478 valence electrons. The standard InChI is InChI=1S/2C26H32N4O2.C23H29N3O/c2*1-2-3-14-29-22-11-7-5-9-20(22)27-23(29)15-30-21-10-6-4-8-19(21)26(25(30)32)16-28(17-26)24(31)18-12-13-18;1-2-3-15-25-20-12-7-5-10-18(20)24-21(25)16-26-19-11-6-4-9-17(19)23(22(26)27)13-8-14-23/h2*4,6,8,10,18H,2-3,5,7,9,11-17H2,1H3;4,6,9,11H,2-3,5,7-8,10,12-16H2,1H3. The number of carbonyl (C=O) groups is 5. The van der Waals surface area contributed by atoms with Crippen LogP contribution in [-0.4, -0.2) is 94.2 Å². The van der Waals surface area contributed by atoms with Gasteiger partial charge in [-0.15, -0.1) is 0 Å². The number of amides is 5. The molecular formula is C75H93N11O5. The number of imidazole rings is 3. The SMILES string of the molecule is CCCCn1c(CN2C(=O)C3(CCC3)c3ccccc32)nc2c1CCCC2.CCCCn1c(CN2C(=O)C3(CN(C(=O)C4CC4)C3)c3ccccc32)nc2c1CCCC2.CCCCn1c(CN2C(=O)C3(CN(C(=O)C4CC4)C3)c3ccccc32)nc2c1CCCC2. The van der Waals surface area contributed by atoms with Crippen molar-refractivity contribution in [3.8, 4) is 0 Å². The highest BCUT2D eigenvalue weighted by molar-refractivity contribution is 6.11. The number of para-hydroxylation sites is 3. The van der Waals surface area contributed by atoms with E-state index >= 15 is 0 Å². The Kier molecular flexibility index (Phi) is 16.0. The zero-order valence-corrected chi connectivity index (χ0v) is 54.3. The van der Waals surface area contributed by atoms with E-state index in [2.05, 4.69) is 83.0 Å². The summed E-state index contributed by atoms with van der Waals surface area (Å²) >= 11 is 0. The number of hydrogen-bond donors (Lipinski definition) is 0. The molecule has 5 aliphatic heterocycles. The molecule has 3 saturated carbocycles. The molecule has 0 radical (unpaired) electrons. The smallest absolute Gasteiger partial charge is 0.241 e. The first-order chi connectivity index (χ1) is 44.5. The zero-order valence-electron chi connectivity index (χ0n) is 54.3. The molecule has 6 aromatic rings. The topological polar surface area (TPSA) is 155 Å². The van der Waals surface area contributed by atoms with Crippen molar-refractivity contribution in [2.75, 3.05) is 40.9 Å². The highest BCUT2D eigenvalue weighted by Gasteiger charge is 2.62.